The molecule has 2 saturated carbocycles. The average molecular weight is 315 g/mol. The van der Waals surface area contributed by atoms with Gasteiger partial charge in [-0.05, 0) is 56.9 Å². The van der Waals surface area contributed by atoms with E-state index >= 15 is 0 Å². The quantitative estimate of drug-likeness (QED) is 0.798. The van der Waals surface area contributed by atoms with Crippen LogP contribution in [-0.2, 0) is 9.59 Å². The molecule has 23 heavy (non-hydrogen) atoms. The molecule has 5 nitrogen and oxygen atoms in total. The summed E-state index contributed by atoms with van der Waals surface area (Å²) >= 11 is 0. The van der Waals surface area contributed by atoms with Crippen molar-refractivity contribution in [1.29, 1.82) is 0 Å². The zero-order valence-electron chi connectivity index (χ0n) is 13.6. The van der Waals surface area contributed by atoms with Gasteiger partial charge in [-0.25, -0.2) is 0 Å². The third-order valence-corrected chi connectivity index (χ3v) is 4.94. The van der Waals surface area contributed by atoms with E-state index in [1.54, 1.807) is 0 Å². The molecule has 2 aliphatic carbocycles. The molecule has 1 aromatic rings. The first-order valence-electron chi connectivity index (χ1n) is 8.46. The van der Waals surface area contributed by atoms with Gasteiger partial charge >= 0.3 is 0 Å². The maximum atomic E-state index is 12.5. The van der Waals surface area contributed by atoms with Crippen LogP contribution in [0.4, 0.5) is 11.4 Å². The summed E-state index contributed by atoms with van der Waals surface area (Å²) in [5, 5.41) is 5.84. The Hall–Kier alpha value is -1.88. The number of nitrogens with two attached hydrogens (primary N) is 1. The van der Waals surface area contributed by atoms with E-state index in [1.807, 2.05) is 31.2 Å². The third-order valence-electron chi connectivity index (χ3n) is 4.94. The van der Waals surface area contributed by atoms with Gasteiger partial charge in [0.05, 0.1) is 5.92 Å². The van der Waals surface area contributed by atoms with Crippen LogP contribution >= 0.6 is 0 Å². The Balaban J connectivity index is 1.59. The highest BCUT2D eigenvalue weighted by Crippen LogP contribution is 2.33. The standard InChI is InChI=1S/C18H25N3O2/c1-18(19)11-3-2-4-15(18)17(23)21-14-9-7-13(8-10-14)20-16(22)12-5-6-12/h7-10,12,15H,2-6,11,19H2,1H3,(H,20,22)(H,21,23). The fourth-order valence-corrected chi connectivity index (χ4v) is 3.25. The third kappa shape index (κ3) is 3.91. The summed E-state index contributed by atoms with van der Waals surface area (Å²) in [6.45, 7) is 1.97. The second-order valence-corrected chi connectivity index (χ2v) is 7.13. The van der Waals surface area contributed by atoms with Crippen LogP contribution in [0, 0.1) is 11.8 Å². The van der Waals surface area contributed by atoms with E-state index in [0.29, 0.717) is 0 Å². The van der Waals surface area contributed by atoms with Crippen LogP contribution in [0.1, 0.15) is 45.4 Å². The van der Waals surface area contributed by atoms with Crippen molar-refractivity contribution in [2.24, 2.45) is 17.6 Å². The molecule has 3 rings (SSSR count). The van der Waals surface area contributed by atoms with Gasteiger partial charge in [-0.15, -0.1) is 0 Å². The molecule has 0 aliphatic heterocycles. The Kier molecular flexibility index (Phi) is 4.39. The lowest BCUT2D eigenvalue weighted by molar-refractivity contribution is -0.122. The van der Waals surface area contributed by atoms with Gasteiger partial charge < -0.3 is 16.4 Å². The van der Waals surface area contributed by atoms with E-state index in [4.69, 9.17) is 5.73 Å². The monoisotopic (exact) mass is 315 g/mol. The minimum absolute atomic E-state index is 0.00975. The largest absolute Gasteiger partial charge is 0.326 e. The van der Waals surface area contributed by atoms with E-state index in [9.17, 15) is 9.59 Å². The predicted octanol–water partition coefficient (Wildman–Crippen LogP) is 2.88. The van der Waals surface area contributed by atoms with E-state index in [0.717, 1.165) is 49.9 Å². The van der Waals surface area contributed by atoms with Crippen LogP contribution in [0.2, 0.25) is 0 Å². The molecule has 2 aliphatic rings. The second kappa shape index (κ2) is 6.32. The van der Waals surface area contributed by atoms with Gasteiger partial charge in [-0.3, -0.25) is 9.59 Å². The summed E-state index contributed by atoms with van der Waals surface area (Å²) in [4.78, 5) is 24.2. The lowest BCUT2D eigenvalue weighted by Crippen LogP contribution is -2.51. The zero-order chi connectivity index (χ0) is 16.4. The summed E-state index contributed by atoms with van der Waals surface area (Å²) in [5.41, 5.74) is 7.35. The van der Waals surface area contributed by atoms with E-state index in [1.165, 1.54) is 0 Å². The molecule has 0 bridgehead atoms. The first-order valence-corrected chi connectivity index (χ1v) is 8.46. The highest BCUT2D eigenvalue weighted by atomic mass is 16.2. The molecule has 0 heterocycles. The molecule has 0 spiro atoms. The molecule has 4 N–H and O–H groups in total. The lowest BCUT2D eigenvalue weighted by Gasteiger charge is -2.37. The van der Waals surface area contributed by atoms with Crippen molar-refractivity contribution >= 4 is 23.2 Å². The number of amides is 2. The lowest BCUT2D eigenvalue weighted by atomic mass is 9.74. The van der Waals surface area contributed by atoms with Crippen LogP contribution in [0.5, 0.6) is 0 Å². The SMILES string of the molecule is CC1(N)CCCCC1C(=O)Nc1ccc(NC(=O)C2CC2)cc1. The maximum absolute atomic E-state index is 12.5. The van der Waals surface area contributed by atoms with Crippen LogP contribution in [0.25, 0.3) is 0 Å². The summed E-state index contributed by atoms with van der Waals surface area (Å²) in [6, 6.07) is 7.27. The van der Waals surface area contributed by atoms with Gasteiger partial charge in [0.25, 0.3) is 0 Å². The molecule has 124 valence electrons. The number of hydrogen-bond acceptors (Lipinski definition) is 3. The van der Waals surface area contributed by atoms with Gasteiger partial charge in [0.2, 0.25) is 11.8 Å². The molecular formula is C18H25N3O2. The molecule has 5 heteroatoms. The Morgan fingerprint density at radius 3 is 2.09 bits per heavy atom. The summed E-state index contributed by atoms with van der Waals surface area (Å²) in [7, 11) is 0. The van der Waals surface area contributed by atoms with Crippen LogP contribution in [-0.4, -0.2) is 17.4 Å². The first-order chi connectivity index (χ1) is 11.0. The van der Waals surface area contributed by atoms with Crippen molar-refractivity contribution in [2.75, 3.05) is 10.6 Å². The number of carbonyl (C=O) groups is 2. The fraction of sp³-hybridized carbons (Fsp3) is 0.556. The zero-order valence-corrected chi connectivity index (χ0v) is 13.6. The molecule has 0 saturated heterocycles. The Bertz CT molecular complexity index is 591. The van der Waals surface area contributed by atoms with E-state index in [-0.39, 0.29) is 23.7 Å². The van der Waals surface area contributed by atoms with Gasteiger partial charge in [-0.1, -0.05) is 12.8 Å². The molecule has 0 radical (unpaired) electrons. The van der Waals surface area contributed by atoms with E-state index < -0.39 is 5.54 Å². The highest BCUT2D eigenvalue weighted by molar-refractivity contribution is 5.95. The predicted molar refractivity (Wildman–Crippen MR) is 91.0 cm³/mol. The van der Waals surface area contributed by atoms with Gasteiger partial charge in [0.15, 0.2) is 0 Å². The Morgan fingerprint density at radius 1 is 1.00 bits per heavy atom. The van der Waals surface area contributed by atoms with Gasteiger partial charge in [-0.2, -0.15) is 0 Å². The van der Waals surface area contributed by atoms with Crippen molar-refractivity contribution in [3.63, 3.8) is 0 Å². The van der Waals surface area contributed by atoms with Crippen molar-refractivity contribution in [2.45, 2.75) is 51.0 Å². The summed E-state index contributed by atoms with van der Waals surface area (Å²) in [6.07, 6.45) is 5.84. The van der Waals surface area contributed by atoms with Gasteiger partial charge in [0.1, 0.15) is 0 Å². The smallest absolute Gasteiger partial charge is 0.229 e. The number of hydrogen-bond donors (Lipinski definition) is 3. The van der Waals surface area contributed by atoms with Crippen molar-refractivity contribution in [1.82, 2.24) is 0 Å². The summed E-state index contributed by atoms with van der Waals surface area (Å²) < 4.78 is 0. The fourth-order valence-electron chi connectivity index (χ4n) is 3.25. The van der Waals surface area contributed by atoms with Crippen molar-refractivity contribution < 1.29 is 9.59 Å². The van der Waals surface area contributed by atoms with E-state index in [2.05, 4.69) is 10.6 Å². The summed E-state index contributed by atoms with van der Waals surface area (Å²) in [5.74, 6) is 0.112. The number of rotatable bonds is 4. The average Bonchev–Trinajstić information content (AvgIpc) is 3.33. The molecule has 2 atom stereocenters. The second-order valence-electron chi connectivity index (χ2n) is 7.13. The molecular weight excluding hydrogens is 290 g/mol. The topological polar surface area (TPSA) is 84.2 Å². The normalized spacial score (nSPS) is 27.3. The number of nitrogens with one attached hydrogen (secondary N) is 2. The minimum Gasteiger partial charge on any atom is -0.326 e. The molecule has 2 amide bonds. The Morgan fingerprint density at radius 2 is 1.57 bits per heavy atom. The first kappa shape index (κ1) is 16.0. The number of benzene rings is 1. The van der Waals surface area contributed by atoms with Crippen molar-refractivity contribution in [3.05, 3.63) is 24.3 Å². The van der Waals surface area contributed by atoms with Crippen LogP contribution in [0.15, 0.2) is 24.3 Å². The minimum atomic E-state index is -0.430. The van der Waals surface area contributed by atoms with Crippen LogP contribution in [0.3, 0.4) is 0 Å². The van der Waals surface area contributed by atoms with Crippen molar-refractivity contribution in [3.8, 4) is 0 Å². The highest BCUT2D eigenvalue weighted by Gasteiger charge is 2.37. The molecule has 2 unspecified atom stereocenters. The van der Waals surface area contributed by atoms with Gasteiger partial charge in [0, 0.05) is 22.8 Å². The maximum Gasteiger partial charge on any atom is 0.229 e. The number of anilines is 2. The molecule has 2 fully saturated rings. The van der Waals surface area contributed by atoms with Crippen LogP contribution < -0.4 is 16.4 Å². The molecule has 0 aromatic heterocycles. The Labute approximate surface area is 137 Å². The molecule has 1 aromatic carbocycles. The number of carbonyl (C=O) groups excluding carboxylic acids is 2.